The minimum absolute atomic E-state index is 0.0963. The van der Waals surface area contributed by atoms with E-state index in [0.717, 1.165) is 37.9 Å². The largest absolute Gasteiger partial charge is 0.573 e. The Balaban J connectivity index is 2.06. The lowest BCUT2D eigenvalue weighted by atomic mass is 9.83. The van der Waals surface area contributed by atoms with Crippen molar-refractivity contribution < 1.29 is 27.4 Å². The van der Waals surface area contributed by atoms with Gasteiger partial charge < -0.3 is 14.4 Å². The summed E-state index contributed by atoms with van der Waals surface area (Å²) in [5.41, 5.74) is 1.44. The Morgan fingerprint density at radius 3 is 2.43 bits per heavy atom. The number of esters is 1. The molecule has 0 atom stereocenters. The van der Waals surface area contributed by atoms with Crippen LogP contribution in [-0.2, 0) is 15.4 Å². The summed E-state index contributed by atoms with van der Waals surface area (Å²) in [7, 11) is 0. The molecule has 28 heavy (non-hydrogen) atoms. The quantitative estimate of drug-likeness (QED) is 0.401. The lowest BCUT2D eigenvalue weighted by Gasteiger charge is -2.38. The van der Waals surface area contributed by atoms with Crippen LogP contribution >= 0.6 is 11.6 Å². The SMILES string of the molecule is CCOC(=O)CC1CCC(N(CC)c2ccc(OC(F)(F)F)cc2CCl)CC1. The summed E-state index contributed by atoms with van der Waals surface area (Å²) < 4.78 is 46.4. The third kappa shape index (κ3) is 6.47. The Hall–Kier alpha value is -1.63. The molecule has 1 fully saturated rings. The van der Waals surface area contributed by atoms with Crippen molar-refractivity contribution in [3.05, 3.63) is 23.8 Å². The molecular weight excluding hydrogens is 395 g/mol. The van der Waals surface area contributed by atoms with Gasteiger partial charge in [-0.05, 0) is 69.2 Å². The van der Waals surface area contributed by atoms with Crippen molar-refractivity contribution in [3.8, 4) is 5.75 Å². The molecule has 0 heterocycles. The van der Waals surface area contributed by atoms with E-state index in [0.29, 0.717) is 24.5 Å². The van der Waals surface area contributed by atoms with Crippen LogP contribution in [0, 0.1) is 5.92 Å². The van der Waals surface area contributed by atoms with Crippen LogP contribution in [0.25, 0.3) is 0 Å². The normalized spacial score (nSPS) is 19.9. The average Bonchev–Trinajstić information content (AvgIpc) is 2.63. The van der Waals surface area contributed by atoms with Crippen LogP contribution in [0.1, 0.15) is 51.5 Å². The molecule has 0 aliphatic heterocycles. The highest BCUT2D eigenvalue weighted by Crippen LogP contribution is 2.36. The van der Waals surface area contributed by atoms with Gasteiger partial charge in [0.1, 0.15) is 5.75 Å². The van der Waals surface area contributed by atoms with Gasteiger partial charge >= 0.3 is 12.3 Å². The van der Waals surface area contributed by atoms with Crippen molar-refractivity contribution in [3.63, 3.8) is 0 Å². The molecule has 0 bridgehead atoms. The number of benzene rings is 1. The minimum atomic E-state index is -4.73. The lowest BCUT2D eigenvalue weighted by Crippen LogP contribution is -2.39. The van der Waals surface area contributed by atoms with E-state index in [9.17, 15) is 18.0 Å². The number of nitrogens with zero attached hydrogens (tertiary/aromatic N) is 1. The van der Waals surface area contributed by atoms with Gasteiger partial charge in [-0.2, -0.15) is 0 Å². The first-order chi connectivity index (χ1) is 13.3. The van der Waals surface area contributed by atoms with E-state index >= 15 is 0 Å². The standard InChI is InChI=1S/C20H27ClF3NO3/c1-3-25(16-7-5-14(6-8-16)11-19(26)27-4-2)18-10-9-17(12-15(18)13-21)28-20(22,23)24/h9-10,12,14,16H,3-8,11,13H2,1-2H3. The van der Waals surface area contributed by atoms with E-state index in [4.69, 9.17) is 16.3 Å². The van der Waals surface area contributed by atoms with Gasteiger partial charge in [-0.25, -0.2) is 0 Å². The maximum Gasteiger partial charge on any atom is 0.573 e. The van der Waals surface area contributed by atoms with Crippen LogP contribution in [0.3, 0.4) is 0 Å². The molecule has 8 heteroatoms. The minimum Gasteiger partial charge on any atom is -0.466 e. The number of halogens is 4. The van der Waals surface area contributed by atoms with Crippen LogP contribution in [0.15, 0.2) is 18.2 Å². The summed E-state index contributed by atoms with van der Waals surface area (Å²) in [5.74, 6) is 0.00664. The van der Waals surface area contributed by atoms with Crippen molar-refractivity contribution in [2.24, 2.45) is 5.92 Å². The molecule has 0 amide bonds. The van der Waals surface area contributed by atoms with E-state index in [1.54, 1.807) is 13.0 Å². The molecule has 0 saturated heterocycles. The Kier molecular flexibility index (Phi) is 8.28. The van der Waals surface area contributed by atoms with Crippen molar-refractivity contribution in [1.29, 1.82) is 0 Å². The summed E-state index contributed by atoms with van der Waals surface area (Å²) in [4.78, 5) is 13.9. The number of carbonyl (C=O) groups is 1. The van der Waals surface area contributed by atoms with Gasteiger partial charge in [-0.15, -0.1) is 24.8 Å². The van der Waals surface area contributed by atoms with Gasteiger partial charge in [0.05, 0.1) is 6.61 Å². The average molecular weight is 422 g/mol. The van der Waals surface area contributed by atoms with Crippen LogP contribution in [0.5, 0.6) is 5.75 Å². The van der Waals surface area contributed by atoms with Crippen molar-refractivity contribution in [2.45, 2.75) is 64.2 Å². The van der Waals surface area contributed by atoms with Crippen molar-refractivity contribution in [1.82, 2.24) is 0 Å². The summed E-state index contributed by atoms with van der Waals surface area (Å²) >= 11 is 6.01. The lowest BCUT2D eigenvalue weighted by molar-refractivity contribution is -0.274. The summed E-state index contributed by atoms with van der Waals surface area (Å²) in [6.45, 7) is 4.93. The number of hydrogen-bond donors (Lipinski definition) is 0. The molecule has 0 unspecified atom stereocenters. The number of rotatable bonds is 8. The molecule has 0 spiro atoms. The Bertz CT molecular complexity index is 646. The third-order valence-electron chi connectivity index (χ3n) is 5.10. The Morgan fingerprint density at radius 1 is 1.21 bits per heavy atom. The summed E-state index contributed by atoms with van der Waals surface area (Å²) in [6.07, 6.45) is -0.603. The van der Waals surface area contributed by atoms with Crippen molar-refractivity contribution in [2.75, 3.05) is 18.1 Å². The Labute approximate surface area is 168 Å². The molecule has 1 saturated carbocycles. The molecule has 158 valence electrons. The fraction of sp³-hybridized carbons (Fsp3) is 0.650. The van der Waals surface area contributed by atoms with Crippen molar-refractivity contribution >= 4 is 23.3 Å². The van der Waals surface area contributed by atoms with E-state index in [1.807, 2.05) is 6.92 Å². The predicted octanol–water partition coefficient (Wildman–Crippen LogP) is 5.66. The molecule has 1 aromatic rings. The van der Waals surface area contributed by atoms with Gasteiger partial charge in [0.25, 0.3) is 0 Å². The maximum atomic E-state index is 12.5. The first kappa shape index (κ1) is 22.7. The molecular formula is C20H27ClF3NO3. The summed E-state index contributed by atoms with van der Waals surface area (Å²) in [6, 6.07) is 4.59. The first-order valence-corrected chi connectivity index (χ1v) is 10.2. The summed E-state index contributed by atoms with van der Waals surface area (Å²) in [5, 5.41) is 0. The maximum absolute atomic E-state index is 12.5. The van der Waals surface area contributed by atoms with Crippen LogP contribution in [0.4, 0.5) is 18.9 Å². The van der Waals surface area contributed by atoms with Gasteiger partial charge in [0.2, 0.25) is 0 Å². The topological polar surface area (TPSA) is 38.8 Å². The molecule has 1 aliphatic carbocycles. The molecule has 0 N–H and O–H groups in total. The van der Waals surface area contributed by atoms with Gasteiger partial charge in [0, 0.05) is 30.6 Å². The molecule has 1 aliphatic rings. The molecule has 1 aromatic carbocycles. The molecule has 2 rings (SSSR count). The highest BCUT2D eigenvalue weighted by molar-refractivity contribution is 6.17. The Morgan fingerprint density at radius 2 is 1.89 bits per heavy atom. The van der Waals surface area contributed by atoms with Crippen LogP contribution in [-0.4, -0.2) is 31.5 Å². The van der Waals surface area contributed by atoms with Gasteiger partial charge in [0.15, 0.2) is 0 Å². The zero-order valence-electron chi connectivity index (χ0n) is 16.2. The van der Waals surface area contributed by atoms with Crippen LogP contribution < -0.4 is 9.64 Å². The smallest absolute Gasteiger partial charge is 0.466 e. The predicted molar refractivity (Wildman–Crippen MR) is 103 cm³/mol. The number of ether oxygens (including phenoxy) is 2. The van der Waals surface area contributed by atoms with E-state index in [-0.39, 0.29) is 23.6 Å². The highest BCUT2D eigenvalue weighted by atomic mass is 35.5. The zero-order chi connectivity index (χ0) is 20.7. The monoisotopic (exact) mass is 421 g/mol. The first-order valence-electron chi connectivity index (χ1n) is 9.64. The van der Waals surface area contributed by atoms with E-state index in [2.05, 4.69) is 9.64 Å². The number of alkyl halides is 4. The molecule has 4 nitrogen and oxygen atoms in total. The fourth-order valence-electron chi connectivity index (χ4n) is 3.89. The molecule has 0 aromatic heterocycles. The molecule has 0 radical (unpaired) electrons. The number of anilines is 1. The zero-order valence-corrected chi connectivity index (χ0v) is 17.0. The van der Waals surface area contributed by atoms with Crippen LogP contribution in [0.2, 0.25) is 0 Å². The second-order valence-electron chi connectivity index (χ2n) is 6.94. The van der Waals surface area contributed by atoms with Gasteiger partial charge in [-0.1, -0.05) is 0 Å². The highest BCUT2D eigenvalue weighted by Gasteiger charge is 2.32. The van der Waals surface area contributed by atoms with Gasteiger partial charge in [-0.3, -0.25) is 4.79 Å². The second kappa shape index (κ2) is 10.2. The third-order valence-corrected chi connectivity index (χ3v) is 5.38. The fourth-order valence-corrected chi connectivity index (χ4v) is 4.10. The van der Waals surface area contributed by atoms with E-state index in [1.165, 1.54) is 12.1 Å². The second-order valence-corrected chi connectivity index (χ2v) is 7.21. The number of hydrogen-bond acceptors (Lipinski definition) is 4. The number of carbonyl (C=O) groups excluding carboxylic acids is 1. The van der Waals surface area contributed by atoms with E-state index < -0.39 is 6.36 Å².